The van der Waals surface area contributed by atoms with E-state index in [0.29, 0.717) is 0 Å². The van der Waals surface area contributed by atoms with Gasteiger partial charge in [-0.25, -0.2) is 0 Å². The highest BCUT2D eigenvalue weighted by Gasteiger charge is 2.35. The molecule has 0 saturated heterocycles. The van der Waals surface area contributed by atoms with Crippen LogP contribution in [0.3, 0.4) is 0 Å². The van der Waals surface area contributed by atoms with E-state index in [2.05, 4.69) is 159 Å². The first kappa shape index (κ1) is 28.5. The van der Waals surface area contributed by atoms with E-state index in [4.69, 9.17) is 0 Å². The highest BCUT2D eigenvalue weighted by molar-refractivity contribution is 6.22. The third kappa shape index (κ3) is 4.23. The van der Waals surface area contributed by atoms with Crippen LogP contribution in [0.5, 0.6) is 0 Å². The molecule has 0 fully saturated rings. The molecule has 2 aliphatic rings. The quantitative estimate of drug-likeness (QED) is 0.171. The second-order valence-electron chi connectivity index (χ2n) is 14.7. The van der Waals surface area contributed by atoms with Gasteiger partial charge in [0.2, 0.25) is 0 Å². The molecule has 0 radical (unpaired) electrons. The summed E-state index contributed by atoms with van der Waals surface area (Å²) in [6.45, 7) is 4.77. The smallest absolute Gasteiger partial charge is 0.0159 e. The minimum Gasteiger partial charge on any atom is -0.0619 e. The molecule has 10 rings (SSSR count). The van der Waals surface area contributed by atoms with Crippen LogP contribution in [0.25, 0.3) is 76.8 Å². The lowest BCUT2D eigenvalue weighted by Crippen LogP contribution is -2.14. The van der Waals surface area contributed by atoms with E-state index in [9.17, 15) is 0 Å². The SMILES string of the molecule is CC1(C)c2ccccc2-c2ccc(-c3c4ccccc4c(-c4cccc5c4CCCC5)c4ccc(-c5cccc6ccccc56)cc34)cc21. The van der Waals surface area contributed by atoms with Gasteiger partial charge >= 0.3 is 0 Å². The Balaban J connectivity index is 1.32. The van der Waals surface area contributed by atoms with Crippen molar-refractivity contribution in [3.63, 3.8) is 0 Å². The maximum absolute atomic E-state index is 2.51. The monoisotopic (exact) mass is 626 g/mol. The molecule has 0 atom stereocenters. The van der Waals surface area contributed by atoms with Crippen molar-refractivity contribution in [2.24, 2.45) is 0 Å². The van der Waals surface area contributed by atoms with Crippen molar-refractivity contribution in [3.05, 3.63) is 168 Å². The Labute approximate surface area is 288 Å². The zero-order valence-corrected chi connectivity index (χ0v) is 28.2. The molecule has 2 aliphatic carbocycles. The fraction of sp³-hybridized carbons (Fsp3) is 0.143. The predicted molar refractivity (Wildman–Crippen MR) is 209 cm³/mol. The van der Waals surface area contributed by atoms with Crippen LogP contribution in [0.15, 0.2) is 146 Å². The Hall–Kier alpha value is -5.46. The van der Waals surface area contributed by atoms with Crippen molar-refractivity contribution in [2.75, 3.05) is 0 Å². The van der Waals surface area contributed by atoms with Crippen LogP contribution in [0.1, 0.15) is 48.9 Å². The molecule has 0 heteroatoms. The molecule has 0 nitrogen and oxygen atoms in total. The van der Waals surface area contributed by atoms with Gasteiger partial charge in [0.15, 0.2) is 0 Å². The van der Waals surface area contributed by atoms with Crippen molar-refractivity contribution < 1.29 is 0 Å². The van der Waals surface area contributed by atoms with Gasteiger partial charge in [-0.1, -0.05) is 147 Å². The summed E-state index contributed by atoms with van der Waals surface area (Å²) in [6.07, 6.45) is 4.87. The second-order valence-corrected chi connectivity index (χ2v) is 14.7. The molecule has 0 aromatic heterocycles. The van der Waals surface area contributed by atoms with Gasteiger partial charge < -0.3 is 0 Å². The summed E-state index contributed by atoms with van der Waals surface area (Å²) >= 11 is 0. The lowest BCUT2D eigenvalue weighted by atomic mass is 9.79. The van der Waals surface area contributed by atoms with Crippen molar-refractivity contribution in [1.29, 1.82) is 0 Å². The van der Waals surface area contributed by atoms with E-state index < -0.39 is 0 Å². The molecule has 49 heavy (non-hydrogen) atoms. The van der Waals surface area contributed by atoms with Gasteiger partial charge in [-0.05, 0) is 137 Å². The van der Waals surface area contributed by atoms with Crippen LogP contribution in [-0.4, -0.2) is 0 Å². The van der Waals surface area contributed by atoms with E-state index in [0.717, 1.165) is 6.42 Å². The summed E-state index contributed by atoms with van der Waals surface area (Å²) in [5.74, 6) is 0. The minimum absolute atomic E-state index is 0.0648. The highest BCUT2D eigenvalue weighted by Crippen LogP contribution is 2.52. The topological polar surface area (TPSA) is 0 Å². The lowest BCUT2D eigenvalue weighted by molar-refractivity contribution is 0.660. The van der Waals surface area contributed by atoms with Gasteiger partial charge in [0.25, 0.3) is 0 Å². The number of hydrogen-bond donors (Lipinski definition) is 0. The third-order valence-electron chi connectivity index (χ3n) is 11.7. The molecule has 0 unspecified atom stereocenters. The van der Waals surface area contributed by atoms with Crippen molar-refractivity contribution in [1.82, 2.24) is 0 Å². The van der Waals surface area contributed by atoms with Gasteiger partial charge in [0.05, 0.1) is 0 Å². The van der Waals surface area contributed by atoms with Crippen molar-refractivity contribution in [2.45, 2.75) is 44.9 Å². The van der Waals surface area contributed by atoms with Gasteiger partial charge in [-0.15, -0.1) is 0 Å². The number of aryl methyl sites for hydroxylation is 1. The lowest BCUT2D eigenvalue weighted by Gasteiger charge is -2.24. The van der Waals surface area contributed by atoms with Crippen molar-refractivity contribution in [3.8, 4) is 44.5 Å². The summed E-state index contributed by atoms with van der Waals surface area (Å²) < 4.78 is 0. The summed E-state index contributed by atoms with van der Waals surface area (Å²) in [5.41, 5.74) is 16.5. The average molecular weight is 627 g/mol. The Morgan fingerprint density at radius 2 is 1.04 bits per heavy atom. The van der Waals surface area contributed by atoms with E-state index >= 15 is 0 Å². The average Bonchev–Trinajstić information content (AvgIpc) is 3.38. The molecular formula is C49H38. The van der Waals surface area contributed by atoms with E-state index in [1.807, 2.05) is 0 Å². The molecular weight excluding hydrogens is 589 g/mol. The Bertz CT molecular complexity index is 2630. The summed E-state index contributed by atoms with van der Waals surface area (Å²) in [6, 6.07) is 55.2. The Morgan fingerprint density at radius 1 is 0.408 bits per heavy atom. The highest BCUT2D eigenvalue weighted by atomic mass is 14.4. The molecule has 8 aromatic rings. The molecule has 0 amide bonds. The van der Waals surface area contributed by atoms with Gasteiger partial charge in [0.1, 0.15) is 0 Å². The normalized spacial score (nSPS) is 14.6. The zero-order chi connectivity index (χ0) is 32.7. The molecule has 0 bridgehead atoms. The standard InChI is InChI=1S/C49H38/c1-49(2)45-24-10-9-19-38(45)39-27-26-34(30-46(39)49)47-41-20-7-8-21-42(41)48(40-23-12-16-32-14-4-6-18-36(32)40)43-28-25-33(29-44(43)47)37-22-11-15-31-13-3-5-17-35(31)37/h3,5,7-13,15-17,19-30H,4,6,14,18H2,1-2H3. The first-order chi connectivity index (χ1) is 24.1. The van der Waals surface area contributed by atoms with E-state index in [-0.39, 0.29) is 5.41 Å². The second kappa shape index (κ2) is 10.8. The number of hydrogen-bond acceptors (Lipinski definition) is 0. The first-order valence-electron chi connectivity index (χ1n) is 17.9. The number of benzene rings is 8. The van der Waals surface area contributed by atoms with E-state index in [1.54, 1.807) is 5.56 Å². The number of rotatable bonds is 3. The Kier molecular flexibility index (Phi) is 6.28. The summed E-state index contributed by atoms with van der Waals surface area (Å²) in [7, 11) is 0. The predicted octanol–water partition coefficient (Wildman–Crippen LogP) is 13.3. The fourth-order valence-corrected chi connectivity index (χ4v) is 9.30. The van der Waals surface area contributed by atoms with Gasteiger partial charge in [-0.2, -0.15) is 0 Å². The maximum Gasteiger partial charge on any atom is 0.0159 e. The van der Waals surface area contributed by atoms with Crippen LogP contribution in [0.2, 0.25) is 0 Å². The minimum atomic E-state index is -0.0648. The van der Waals surface area contributed by atoms with E-state index in [1.165, 1.54) is 113 Å². The van der Waals surface area contributed by atoms with Crippen LogP contribution < -0.4 is 0 Å². The molecule has 0 aliphatic heterocycles. The van der Waals surface area contributed by atoms with Crippen molar-refractivity contribution >= 4 is 32.3 Å². The first-order valence-corrected chi connectivity index (χ1v) is 17.9. The largest absolute Gasteiger partial charge is 0.0619 e. The maximum atomic E-state index is 2.51. The van der Waals surface area contributed by atoms with Gasteiger partial charge in [-0.3, -0.25) is 0 Å². The third-order valence-corrected chi connectivity index (χ3v) is 11.7. The molecule has 0 N–H and O–H groups in total. The molecule has 0 heterocycles. The van der Waals surface area contributed by atoms with Gasteiger partial charge in [0, 0.05) is 5.41 Å². The molecule has 0 saturated carbocycles. The molecule has 234 valence electrons. The number of fused-ring (bicyclic) bond motifs is 7. The van der Waals surface area contributed by atoms with Crippen LogP contribution >= 0.6 is 0 Å². The molecule has 0 spiro atoms. The zero-order valence-electron chi connectivity index (χ0n) is 28.2. The van der Waals surface area contributed by atoms with Crippen LogP contribution in [-0.2, 0) is 18.3 Å². The molecule has 8 aromatic carbocycles. The fourth-order valence-electron chi connectivity index (χ4n) is 9.30. The van der Waals surface area contributed by atoms with Crippen LogP contribution in [0, 0.1) is 0 Å². The van der Waals surface area contributed by atoms with Crippen LogP contribution in [0.4, 0.5) is 0 Å². The summed E-state index contributed by atoms with van der Waals surface area (Å²) in [4.78, 5) is 0. The summed E-state index contributed by atoms with van der Waals surface area (Å²) in [5, 5.41) is 7.88. The Morgan fingerprint density at radius 3 is 1.94 bits per heavy atom.